The van der Waals surface area contributed by atoms with Crippen molar-refractivity contribution in [3.63, 3.8) is 0 Å². The molecule has 60 valence electrons. The van der Waals surface area contributed by atoms with E-state index in [1.54, 1.807) is 0 Å². The van der Waals surface area contributed by atoms with Gasteiger partial charge in [0.05, 0.1) is 13.1 Å². The average molecular weight is 168 g/mol. The van der Waals surface area contributed by atoms with Gasteiger partial charge < -0.3 is 10.4 Å². The molecule has 0 aliphatic rings. The van der Waals surface area contributed by atoms with Gasteiger partial charge >= 0.3 is 5.97 Å². The van der Waals surface area contributed by atoms with Gasteiger partial charge in [-0.2, -0.15) is 0 Å². The van der Waals surface area contributed by atoms with E-state index in [1.807, 2.05) is 0 Å². The smallest absolute Gasteiger partial charge is 0.317 e. The Morgan fingerprint density at radius 1 is 1.40 bits per heavy atom. The van der Waals surface area contributed by atoms with Crippen molar-refractivity contribution in [3.05, 3.63) is 0 Å². The second kappa shape index (κ2) is 6.51. The monoisotopic (exact) mass is 167 g/mol. The minimum Gasteiger partial charge on any atom is -0.480 e. The molecule has 0 aliphatic heterocycles. The Balaban J connectivity index is 0. The van der Waals surface area contributed by atoms with Crippen LogP contribution in [0.3, 0.4) is 0 Å². The van der Waals surface area contributed by atoms with Gasteiger partial charge in [0.2, 0.25) is 0 Å². The second-order valence-corrected chi connectivity index (χ2v) is 1.70. The van der Waals surface area contributed by atoms with Crippen molar-refractivity contribution in [2.45, 2.75) is 6.92 Å². The minimum atomic E-state index is -0.948. The summed E-state index contributed by atoms with van der Waals surface area (Å²) in [5.41, 5.74) is 0. The van der Waals surface area contributed by atoms with Gasteiger partial charge in [-0.3, -0.25) is 9.59 Å². The second-order valence-electron chi connectivity index (χ2n) is 1.70. The van der Waals surface area contributed by atoms with E-state index in [0.29, 0.717) is 0 Å². The maximum Gasteiger partial charge on any atom is 0.317 e. The van der Waals surface area contributed by atoms with Gasteiger partial charge in [0, 0.05) is 0 Å². The molecule has 0 saturated carbocycles. The summed E-state index contributed by atoms with van der Waals surface area (Å²) in [5, 5.41) is 10.5. The summed E-state index contributed by atoms with van der Waals surface area (Å²) in [6.07, 6.45) is 0. The standard InChI is InChI=1S/C5H9NO3.ClH/c1-4(7)2-6-3-5(8)9;/h6H,2-3H2,1H3,(H,8,9);1H. The number of carboxylic acids is 1. The summed E-state index contributed by atoms with van der Waals surface area (Å²) < 4.78 is 0. The number of hydrogen-bond acceptors (Lipinski definition) is 3. The van der Waals surface area contributed by atoms with Gasteiger partial charge in [-0.15, -0.1) is 12.4 Å². The van der Waals surface area contributed by atoms with Crippen LogP contribution >= 0.6 is 12.4 Å². The first kappa shape index (κ1) is 12.1. The number of ketones is 1. The largest absolute Gasteiger partial charge is 0.480 e. The molecule has 0 radical (unpaired) electrons. The molecule has 0 aromatic heterocycles. The quantitative estimate of drug-likeness (QED) is 0.602. The summed E-state index contributed by atoms with van der Waals surface area (Å²) >= 11 is 0. The van der Waals surface area contributed by atoms with Gasteiger partial charge in [0.15, 0.2) is 0 Å². The summed E-state index contributed by atoms with van der Waals surface area (Å²) in [7, 11) is 0. The van der Waals surface area contributed by atoms with Crippen LogP contribution in [0, 0.1) is 0 Å². The molecule has 0 aliphatic carbocycles. The molecule has 2 N–H and O–H groups in total. The zero-order valence-corrected chi connectivity index (χ0v) is 6.40. The van der Waals surface area contributed by atoms with Crippen molar-refractivity contribution in [1.82, 2.24) is 5.32 Å². The SMILES string of the molecule is CC(=O)CNCC(=O)O.Cl. The molecular weight excluding hydrogens is 158 g/mol. The third-order valence-corrected chi connectivity index (χ3v) is 0.650. The van der Waals surface area contributed by atoms with E-state index < -0.39 is 5.97 Å². The van der Waals surface area contributed by atoms with E-state index in [-0.39, 0.29) is 31.3 Å². The number of aliphatic carboxylic acids is 1. The minimum absolute atomic E-state index is 0. The van der Waals surface area contributed by atoms with Crippen molar-refractivity contribution in [3.8, 4) is 0 Å². The van der Waals surface area contributed by atoms with Crippen LogP contribution < -0.4 is 5.32 Å². The Morgan fingerprint density at radius 3 is 2.20 bits per heavy atom. The Labute approximate surface area is 65.0 Å². The molecule has 4 nitrogen and oxygen atoms in total. The summed E-state index contributed by atoms with van der Waals surface area (Å²) in [4.78, 5) is 20.0. The predicted octanol–water partition coefficient (Wildman–Crippen LogP) is -0.329. The third-order valence-electron chi connectivity index (χ3n) is 0.650. The first-order chi connectivity index (χ1) is 4.13. The molecule has 0 heterocycles. The van der Waals surface area contributed by atoms with Crippen molar-refractivity contribution in [1.29, 1.82) is 0 Å². The van der Waals surface area contributed by atoms with Crippen LogP contribution in [0.25, 0.3) is 0 Å². The Bertz CT molecular complexity index is 112. The lowest BCUT2D eigenvalue weighted by atomic mass is 10.4. The summed E-state index contributed by atoms with van der Waals surface area (Å²) in [6.45, 7) is 1.38. The van der Waals surface area contributed by atoms with Gasteiger partial charge in [-0.05, 0) is 6.92 Å². The van der Waals surface area contributed by atoms with Crippen LogP contribution in [0.15, 0.2) is 0 Å². The number of nitrogens with one attached hydrogen (secondary N) is 1. The van der Waals surface area contributed by atoms with Crippen molar-refractivity contribution in [2.24, 2.45) is 0 Å². The normalized spacial score (nSPS) is 8.10. The lowest BCUT2D eigenvalue weighted by Gasteiger charge is -1.94. The first-order valence-corrected chi connectivity index (χ1v) is 2.55. The zero-order valence-electron chi connectivity index (χ0n) is 5.59. The topological polar surface area (TPSA) is 66.4 Å². The van der Waals surface area contributed by atoms with E-state index in [0.717, 1.165) is 0 Å². The molecule has 0 atom stereocenters. The Morgan fingerprint density at radius 2 is 1.90 bits per heavy atom. The predicted molar refractivity (Wildman–Crippen MR) is 38.4 cm³/mol. The fourth-order valence-electron chi connectivity index (χ4n) is 0.345. The lowest BCUT2D eigenvalue weighted by Crippen LogP contribution is -2.26. The summed E-state index contributed by atoms with van der Waals surface area (Å²) in [6, 6.07) is 0. The van der Waals surface area contributed by atoms with Crippen LogP contribution in [-0.4, -0.2) is 29.9 Å². The average Bonchev–Trinajstić information content (AvgIpc) is 1.63. The molecule has 0 unspecified atom stereocenters. The zero-order chi connectivity index (χ0) is 7.28. The molecule has 0 bridgehead atoms. The van der Waals surface area contributed by atoms with Crippen molar-refractivity contribution < 1.29 is 14.7 Å². The molecule has 0 amide bonds. The molecule has 10 heavy (non-hydrogen) atoms. The Kier molecular flexibility index (Phi) is 7.88. The highest BCUT2D eigenvalue weighted by molar-refractivity contribution is 5.85. The van der Waals surface area contributed by atoms with E-state index >= 15 is 0 Å². The number of carbonyl (C=O) groups is 2. The number of hydrogen-bond donors (Lipinski definition) is 2. The Hall–Kier alpha value is -0.610. The van der Waals surface area contributed by atoms with Gasteiger partial charge in [-0.1, -0.05) is 0 Å². The van der Waals surface area contributed by atoms with Crippen LogP contribution in [0.1, 0.15) is 6.92 Å². The first-order valence-electron chi connectivity index (χ1n) is 2.55. The molecule has 0 saturated heterocycles. The van der Waals surface area contributed by atoms with E-state index in [9.17, 15) is 9.59 Å². The molecule has 0 aromatic carbocycles. The molecule has 0 rings (SSSR count). The number of halogens is 1. The molecule has 0 fully saturated rings. The van der Waals surface area contributed by atoms with E-state index in [2.05, 4.69) is 5.32 Å². The molecule has 0 aromatic rings. The van der Waals surface area contributed by atoms with Crippen LogP contribution in [0.4, 0.5) is 0 Å². The summed E-state index contributed by atoms with van der Waals surface area (Å²) in [5.74, 6) is -1.01. The van der Waals surface area contributed by atoms with Crippen LogP contribution in [0.5, 0.6) is 0 Å². The van der Waals surface area contributed by atoms with E-state index in [4.69, 9.17) is 5.11 Å². The number of carbonyl (C=O) groups excluding carboxylic acids is 1. The highest BCUT2D eigenvalue weighted by Gasteiger charge is 1.95. The lowest BCUT2D eigenvalue weighted by molar-refractivity contribution is -0.135. The highest BCUT2D eigenvalue weighted by atomic mass is 35.5. The molecule has 0 spiro atoms. The van der Waals surface area contributed by atoms with Gasteiger partial charge in [0.1, 0.15) is 5.78 Å². The third kappa shape index (κ3) is 10.4. The maximum absolute atomic E-state index is 10.2. The van der Waals surface area contributed by atoms with Crippen LogP contribution in [-0.2, 0) is 9.59 Å². The molecular formula is C5H10ClNO3. The van der Waals surface area contributed by atoms with Crippen LogP contribution in [0.2, 0.25) is 0 Å². The highest BCUT2D eigenvalue weighted by Crippen LogP contribution is 1.64. The van der Waals surface area contributed by atoms with Crippen molar-refractivity contribution >= 4 is 24.2 Å². The van der Waals surface area contributed by atoms with Gasteiger partial charge in [0.25, 0.3) is 0 Å². The number of Topliss-reactive ketones (excluding diaryl/α,β-unsaturated/α-hetero) is 1. The fourth-order valence-corrected chi connectivity index (χ4v) is 0.345. The molecule has 5 heteroatoms. The maximum atomic E-state index is 10.2. The number of rotatable bonds is 4. The fraction of sp³-hybridized carbons (Fsp3) is 0.600. The number of carboxylic acid groups (broad SMARTS) is 1. The van der Waals surface area contributed by atoms with Gasteiger partial charge in [-0.25, -0.2) is 0 Å². The van der Waals surface area contributed by atoms with Crippen molar-refractivity contribution in [2.75, 3.05) is 13.1 Å². The van der Waals surface area contributed by atoms with E-state index in [1.165, 1.54) is 6.92 Å².